The molecule has 0 aliphatic carbocycles. The highest BCUT2D eigenvalue weighted by atomic mass is 35.5. The highest BCUT2D eigenvalue weighted by Crippen LogP contribution is 2.18. The van der Waals surface area contributed by atoms with Crippen molar-refractivity contribution in [2.24, 2.45) is 0 Å². The molecule has 0 amide bonds. The molecule has 7 heteroatoms. The van der Waals surface area contributed by atoms with Crippen LogP contribution in [-0.2, 0) is 14.6 Å². The first-order valence-corrected chi connectivity index (χ1v) is 7.48. The van der Waals surface area contributed by atoms with Crippen molar-refractivity contribution >= 4 is 33.1 Å². The second-order valence-corrected chi connectivity index (χ2v) is 6.51. The Labute approximate surface area is 111 Å². The summed E-state index contributed by atoms with van der Waals surface area (Å²) in [7, 11) is -3.14. The quantitative estimate of drug-likeness (QED) is 0.656. The van der Waals surface area contributed by atoms with Gasteiger partial charge in [-0.3, -0.25) is 0 Å². The second-order valence-electron chi connectivity index (χ2n) is 3.60. The summed E-state index contributed by atoms with van der Waals surface area (Å²) < 4.78 is 27.2. The standard InChI is InChI=1S/C11H14ClNO4S/c1-2-18(15,16)6-5-17-11(14)9-4-3-8(12)7-10(9)13/h3-4,7H,2,5-6,13H2,1H3. The van der Waals surface area contributed by atoms with Gasteiger partial charge in [0.05, 0.1) is 11.3 Å². The van der Waals surface area contributed by atoms with E-state index in [1.807, 2.05) is 0 Å². The number of carbonyl (C=O) groups excluding carboxylic acids is 1. The Morgan fingerprint density at radius 1 is 1.44 bits per heavy atom. The van der Waals surface area contributed by atoms with E-state index < -0.39 is 15.8 Å². The number of carbonyl (C=O) groups is 1. The molecule has 0 saturated carbocycles. The molecular weight excluding hydrogens is 278 g/mol. The van der Waals surface area contributed by atoms with Crippen molar-refractivity contribution in [3.05, 3.63) is 28.8 Å². The van der Waals surface area contributed by atoms with Gasteiger partial charge in [0.15, 0.2) is 9.84 Å². The van der Waals surface area contributed by atoms with E-state index >= 15 is 0 Å². The van der Waals surface area contributed by atoms with E-state index in [0.29, 0.717) is 5.02 Å². The molecule has 0 unspecified atom stereocenters. The van der Waals surface area contributed by atoms with Gasteiger partial charge >= 0.3 is 5.97 Å². The molecule has 0 fully saturated rings. The number of sulfone groups is 1. The Balaban J connectivity index is 2.61. The third-order valence-electron chi connectivity index (χ3n) is 2.30. The molecule has 0 aliphatic rings. The molecule has 0 spiro atoms. The molecule has 2 N–H and O–H groups in total. The Morgan fingerprint density at radius 3 is 2.67 bits per heavy atom. The van der Waals surface area contributed by atoms with Crippen LogP contribution in [0.15, 0.2) is 18.2 Å². The van der Waals surface area contributed by atoms with Crippen LogP contribution in [0, 0.1) is 0 Å². The maximum Gasteiger partial charge on any atom is 0.340 e. The van der Waals surface area contributed by atoms with Gasteiger partial charge in [0, 0.05) is 16.5 Å². The lowest BCUT2D eigenvalue weighted by molar-refractivity contribution is 0.0530. The van der Waals surface area contributed by atoms with Crippen molar-refractivity contribution in [1.82, 2.24) is 0 Å². The molecule has 0 aromatic heterocycles. The zero-order valence-electron chi connectivity index (χ0n) is 9.85. The molecule has 1 rings (SSSR count). The van der Waals surface area contributed by atoms with Gasteiger partial charge in [-0.15, -0.1) is 0 Å². The van der Waals surface area contributed by atoms with Gasteiger partial charge < -0.3 is 10.5 Å². The highest BCUT2D eigenvalue weighted by Gasteiger charge is 2.13. The van der Waals surface area contributed by atoms with Crippen LogP contribution in [0.5, 0.6) is 0 Å². The molecule has 0 aliphatic heterocycles. The number of hydrogen-bond acceptors (Lipinski definition) is 5. The van der Waals surface area contributed by atoms with E-state index in [1.165, 1.54) is 25.1 Å². The maximum absolute atomic E-state index is 11.6. The summed E-state index contributed by atoms with van der Waals surface area (Å²) in [6.45, 7) is 1.35. The number of esters is 1. The molecule has 0 radical (unpaired) electrons. The normalized spacial score (nSPS) is 11.2. The van der Waals surface area contributed by atoms with Gasteiger partial charge in [0.1, 0.15) is 6.61 Å². The molecule has 18 heavy (non-hydrogen) atoms. The van der Waals surface area contributed by atoms with E-state index in [9.17, 15) is 13.2 Å². The third kappa shape index (κ3) is 4.19. The average molecular weight is 292 g/mol. The fraction of sp³-hybridized carbons (Fsp3) is 0.364. The zero-order chi connectivity index (χ0) is 13.8. The van der Waals surface area contributed by atoms with Crippen molar-refractivity contribution in [2.45, 2.75) is 6.92 Å². The minimum atomic E-state index is -3.14. The van der Waals surface area contributed by atoms with Crippen molar-refractivity contribution in [2.75, 3.05) is 23.8 Å². The first-order valence-electron chi connectivity index (χ1n) is 5.28. The lowest BCUT2D eigenvalue weighted by Gasteiger charge is -2.07. The van der Waals surface area contributed by atoms with Crippen LogP contribution in [-0.4, -0.2) is 32.5 Å². The fourth-order valence-corrected chi connectivity index (χ4v) is 2.01. The smallest absolute Gasteiger partial charge is 0.340 e. The SMILES string of the molecule is CCS(=O)(=O)CCOC(=O)c1ccc(Cl)cc1N. The van der Waals surface area contributed by atoms with E-state index in [0.717, 1.165) is 0 Å². The fourth-order valence-electron chi connectivity index (χ4n) is 1.20. The summed E-state index contributed by atoms with van der Waals surface area (Å²) in [5.41, 5.74) is 5.98. The number of nitrogens with two attached hydrogens (primary N) is 1. The number of benzene rings is 1. The number of halogens is 1. The first-order chi connectivity index (χ1) is 8.35. The molecule has 100 valence electrons. The van der Waals surface area contributed by atoms with Crippen LogP contribution in [0.25, 0.3) is 0 Å². The largest absolute Gasteiger partial charge is 0.461 e. The first kappa shape index (κ1) is 14.8. The summed E-state index contributed by atoms with van der Waals surface area (Å²) >= 11 is 5.69. The summed E-state index contributed by atoms with van der Waals surface area (Å²) in [5.74, 6) is -0.827. The number of anilines is 1. The molecule has 5 nitrogen and oxygen atoms in total. The van der Waals surface area contributed by atoms with Gasteiger partial charge in [-0.1, -0.05) is 18.5 Å². The molecule has 1 aromatic rings. The van der Waals surface area contributed by atoms with Crippen molar-refractivity contribution in [1.29, 1.82) is 0 Å². The van der Waals surface area contributed by atoms with Gasteiger partial charge in [0.2, 0.25) is 0 Å². The van der Waals surface area contributed by atoms with Crippen molar-refractivity contribution < 1.29 is 17.9 Å². The van der Waals surface area contributed by atoms with Crippen LogP contribution in [0.3, 0.4) is 0 Å². The topological polar surface area (TPSA) is 86.5 Å². The monoisotopic (exact) mass is 291 g/mol. The number of rotatable bonds is 5. The van der Waals surface area contributed by atoms with Crippen LogP contribution in [0.4, 0.5) is 5.69 Å². The van der Waals surface area contributed by atoms with Gasteiger partial charge in [-0.05, 0) is 18.2 Å². The Bertz CT molecular complexity index is 542. The van der Waals surface area contributed by atoms with Gasteiger partial charge in [-0.2, -0.15) is 0 Å². The minimum absolute atomic E-state index is 0.0215. The van der Waals surface area contributed by atoms with E-state index in [4.69, 9.17) is 22.1 Å². The summed E-state index contributed by atoms with van der Waals surface area (Å²) in [6.07, 6.45) is 0. The van der Waals surface area contributed by atoms with Crippen molar-refractivity contribution in [3.8, 4) is 0 Å². The van der Waals surface area contributed by atoms with Crippen LogP contribution >= 0.6 is 11.6 Å². The molecule has 0 heterocycles. The molecular formula is C11H14ClNO4S. The van der Waals surface area contributed by atoms with Crippen LogP contribution in [0.2, 0.25) is 5.02 Å². The molecule has 0 bridgehead atoms. The van der Waals surface area contributed by atoms with E-state index in [2.05, 4.69) is 0 Å². The summed E-state index contributed by atoms with van der Waals surface area (Å²) in [6, 6.07) is 4.38. The molecule has 1 aromatic carbocycles. The third-order valence-corrected chi connectivity index (χ3v) is 4.20. The number of nitrogen functional groups attached to an aromatic ring is 1. The lowest BCUT2D eigenvalue weighted by Crippen LogP contribution is -2.17. The average Bonchev–Trinajstić information content (AvgIpc) is 2.28. The van der Waals surface area contributed by atoms with Crippen LogP contribution < -0.4 is 5.73 Å². The molecule has 0 saturated heterocycles. The summed E-state index contributed by atoms with van der Waals surface area (Å²) in [5, 5.41) is 0.414. The Kier molecular flexibility index (Phi) is 4.98. The number of ether oxygens (including phenoxy) is 1. The van der Waals surface area contributed by atoms with Crippen molar-refractivity contribution in [3.63, 3.8) is 0 Å². The zero-order valence-corrected chi connectivity index (χ0v) is 11.4. The number of hydrogen-bond donors (Lipinski definition) is 1. The predicted octanol–water partition coefficient (Wildman–Crippen LogP) is 1.51. The maximum atomic E-state index is 11.6. The Hall–Kier alpha value is -1.27. The predicted molar refractivity (Wildman–Crippen MR) is 70.5 cm³/mol. The van der Waals surface area contributed by atoms with E-state index in [-0.39, 0.29) is 29.4 Å². The van der Waals surface area contributed by atoms with E-state index in [1.54, 1.807) is 0 Å². The Morgan fingerprint density at radius 2 is 2.11 bits per heavy atom. The molecule has 0 atom stereocenters. The highest BCUT2D eigenvalue weighted by molar-refractivity contribution is 7.91. The van der Waals surface area contributed by atoms with Gasteiger partial charge in [0.25, 0.3) is 0 Å². The lowest BCUT2D eigenvalue weighted by atomic mass is 10.2. The van der Waals surface area contributed by atoms with Crippen LogP contribution in [0.1, 0.15) is 17.3 Å². The second kappa shape index (κ2) is 6.06. The summed E-state index contributed by atoms with van der Waals surface area (Å²) in [4.78, 5) is 11.6. The van der Waals surface area contributed by atoms with Gasteiger partial charge in [-0.25, -0.2) is 13.2 Å². The minimum Gasteiger partial charge on any atom is -0.461 e.